The van der Waals surface area contributed by atoms with Crippen LogP contribution < -0.4 is 4.72 Å². The number of aliphatic hydroxyl groups is 1. The van der Waals surface area contributed by atoms with Crippen molar-refractivity contribution in [1.29, 1.82) is 0 Å². The molecule has 0 bridgehead atoms. The molecule has 0 fully saturated rings. The molecule has 6 heteroatoms. The van der Waals surface area contributed by atoms with E-state index in [1.54, 1.807) is 12.1 Å². The molecule has 1 aromatic carbocycles. The fraction of sp³-hybridized carbons (Fsp3) is 0.538. The Hall–Kier alpha value is -1.11. The molecule has 1 rings (SSSR count). The molecule has 0 amide bonds. The quantitative estimate of drug-likeness (QED) is 0.802. The molecule has 108 valence electrons. The van der Waals surface area contributed by atoms with Crippen molar-refractivity contribution in [2.45, 2.75) is 26.2 Å². The number of nitrogens with one attached hydrogen (secondary N) is 1. The van der Waals surface area contributed by atoms with Gasteiger partial charge in [-0.15, -0.1) is 0 Å². The Kier molecular flexibility index (Phi) is 5.78. The van der Waals surface area contributed by atoms with Crippen LogP contribution in [0.15, 0.2) is 24.3 Å². The van der Waals surface area contributed by atoms with Gasteiger partial charge in [-0.05, 0) is 30.0 Å². The molecule has 0 aliphatic rings. The van der Waals surface area contributed by atoms with Crippen molar-refractivity contribution >= 4 is 15.9 Å². The van der Waals surface area contributed by atoms with Crippen LogP contribution in [-0.4, -0.2) is 38.0 Å². The van der Waals surface area contributed by atoms with E-state index >= 15 is 0 Å². The highest BCUT2D eigenvalue weighted by Crippen LogP contribution is 2.18. The van der Waals surface area contributed by atoms with Crippen LogP contribution in [-0.2, 0) is 10.2 Å². The van der Waals surface area contributed by atoms with Gasteiger partial charge in [-0.2, -0.15) is 12.7 Å². The lowest BCUT2D eigenvalue weighted by Crippen LogP contribution is -2.33. The second kappa shape index (κ2) is 6.88. The average molecular weight is 286 g/mol. The first-order chi connectivity index (χ1) is 8.86. The minimum absolute atomic E-state index is 0.0249. The largest absolute Gasteiger partial charge is 0.396 e. The number of rotatable bonds is 7. The van der Waals surface area contributed by atoms with Crippen LogP contribution in [0.3, 0.4) is 0 Å². The van der Waals surface area contributed by atoms with Gasteiger partial charge in [0, 0.05) is 25.9 Å². The zero-order valence-electron chi connectivity index (χ0n) is 11.6. The van der Waals surface area contributed by atoms with Gasteiger partial charge in [-0.1, -0.05) is 26.0 Å². The normalized spacial score (nSPS) is 12.1. The predicted molar refractivity (Wildman–Crippen MR) is 77.4 cm³/mol. The van der Waals surface area contributed by atoms with Gasteiger partial charge in [0.05, 0.1) is 0 Å². The summed E-state index contributed by atoms with van der Waals surface area (Å²) in [7, 11) is -2.06. The van der Waals surface area contributed by atoms with Gasteiger partial charge in [0.1, 0.15) is 0 Å². The molecule has 0 heterocycles. The fourth-order valence-corrected chi connectivity index (χ4v) is 2.54. The van der Waals surface area contributed by atoms with Crippen LogP contribution in [0.4, 0.5) is 5.69 Å². The van der Waals surface area contributed by atoms with Crippen LogP contribution in [0.25, 0.3) is 0 Å². The van der Waals surface area contributed by atoms with Crippen LogP contribution in [0.5, 0.6) is 0 Å². The highest BCUT2D eigenvalue weighted by molar-refractivity contribution is 7.90. The van der Waals surface area contributed by atoms with Crippen LogP contribution in [0, 0.1) is 0 Å². The van der Waals surface area contributed by atoms with Gasteiger partial charge in [-0.25, -0.2) is 0 Å². The number of anilines is 1. The van der Waals surface area contributed by atoms with Crippen molar-refractivity contribution < 1.29 is 13.5 Å². The molecule has 2 N–H and O–H groups in total. The van der Waals surface area contributed by atoms with E-state index in [1.807, 2.05) is 12.1 Å². The first kappa shape index (κ1) is 15.9. The van der Waals surface area contributed by atoms with Crippen molar-refractivity contribution in [3.8, 4) is 0 Å². The zero-order valence-corrected chi connectivity index (χ0v) is 12.4. The van der Waals surface area contributed by atoms with Crippen molar-refractivity contribution in [1.82, 2.24) is 4.31 Å². The summed E-state index contributed by atoms with van der Waals surface area (Å²) in [5, 5.41) is 8.71. The Balaban J connectivity index is 2.72. The molecule has 5 nitrogen and oxygen atoms in total. The van der Waals surface area contributed by atoms with E-state index < -0.39 is 10.2 Å². The maximum absolute atomic E-state index is 12.0. The number of hydrogen-bond donors (Lipinski definition) is 2. The predicted octanol–water partition coefficient (Wildman–Crippen LogP) is 1.78. The highest BCUT2D eigenvalue weighted by atomic mass is 32.2. The maximum Gasteiger partial charge on any atom is 0.301 e. The Morgan fingerprint density at radius 2 is 1.84 bits per heavy atom. The van der Waals surface area contributed by atoms with Crippen LogP contribution in [0.2, 0.25) is 0 Å². The van der Waals surface area contributed by atoms with Crippen LogP contribution >= 0.6 is 0 Å². The topological polar surface area (TPSA) is 69.6 Å². The number of hydrogen-bond acceptors (Lipinski definition) is 3. The van der Waals surface area contributed by atoms with Crippen molar-refractivity contribution in [3.63, 3.8) is 0 Å². The SMILES string of the molecule is CC(C)c1ccc(NS(=O)(=O)N(C)CCCO)cc1. The van der Waals surface area contributed by atoms with E-state index in [0.29, 0.717) is 18.0 Å². The average Bonchev–Trinajstić information content (AvgIpc) is 2.36. The molecule has 0 aliphatic heterocycles. The minimum Gasteiger partial charge on any atom is -0.396 e. The van der Waals surface area contributed by atoms with E-state index in [2.05, 4.69) is 18.6 Å². The second-order valence-corrected chi connectivity index (χ2v) is 6.56. The summed E-state index contributed by atoms with van der Waals surface area (Å²) in [6.07, 6.45) is 0.420. The summed E-state index contributed by atoms with van der Waals surface area (Å²) < 4.78 is 27.6. The smallest absolute Gasteiger partial charge is 0.301 e. The molecule has 0 unspecified atom stereocenters. The second-order valence-electron chi connectivity index (χ2n) is 4.78. The molecule has 0 saturated carbocycles. The number of benzene rings is 1. The van der Waals surface area contributed by atoms with Gasteiger partial charge in [-0.3, -0.25) is 4.72 Å². The third-order valence-corrected chi connectivity index (χ3v) is 4.36. The Bertz CT molecular complexity index is 483. The van der Waals surface area contributed by atoms with E-state index in [9.17, 15) is 8.42 Å². The summed E-state index contributed by atoms with van der Waals surface area (Å²) in [5.74, 6) is 0.415. The molecule has 0 spiro atoms. The van der Waals surface area contributed by atoms with Gasteiger partial charge >= 0.3 is 10.2 Å². The number of aliphatic hydroxyl groups excluding tert-OH is 1. The van der Waals surface area contributed by atoms with Gasteiger partial charge in [0.25, 0.3) is 0 Å². The molecular weight excluding hydrogens is 264 g/mol. The van der Waals surface area contributed by atoms with Crippen molar-refractivity contribution in [2.75, 3.05) is 24.9 Å². The first-order valence-electron chi connectivity index (χ1n) is 6.31. The summed E-state index contributed by atoms with van der Waals surface area (Å²) in [6, 6.07) is 7.34. The fourth-order valence-electron chi connectivity index (χ4n) is 1.58. The lowest BCUT2D eigenvalue weighted by Gasteiger charge is -2.18. The Morgan fingerprint density at radius 1 is 1.26 bits per heavy atom. The zero-order chi connectivity index (χ0) is 14.5. The van der Waals surface area contributed by atoms with Crippen LogP contribution in [0.1, 0.15) is 31.7 Å². The molecule has 0 radical (unpaired) electrons. The molecule has 1 aromatic rings. The lowest BCUT2D eigenvalue weighted by molar-refractivity contribution is 0.276. The standard InChI is InChI=1S/C13H22N2O3S/c1-11(2)12-5-7-13(8-6-12)14-19(17,18)15(3)9-4-10-16/h5-8,11,14,16H,4,9-10H2,1-3H3. The molecule has 0 aliphatic carbocycles. The first-order valence-corrected chi connectivity index (χ1v) is 7.75. The highest BCUT2D eigenvalue weighted by Gasteiger charge is 2.16. The molecular formula is C13H22N2O3S. The molecule has 19 heavy (non-hydrogen) atoms. The molecule has 0 aromatic heterocycles. The third-order valence-electron chi connectivity index (χ3n) is 2.87. The Morgan fingerprint density at radius 3 is 2.32 bits per heavy atom. The minimum atomic E-state index is -3.55. The summed E-state index contributed by atoms with van der Waals surface area (Å²) in [4.78, 5) is 0. The summed E-state index contributed by atoms with van der Waals surface area (Å²) >= 11 is 0. The summed E-state index contributed by atoms with van der Waals surface area (Å²) in [6.45, 7) is 4.43. The maximum atomic E-state index is 12.0. The van der Waals surface area contributed by atoms with E-state index in [4.69, 9.17) is 5.11 Å². The van der Waals surface area contributed by atoms with Gasteiger partial charge in [0.15, 0.2) is 0 Å². The van der Waals surface area contributed by atoms with Crippen molar-refractivity contribution in [2.24, 2.45) is 0 Å². The monoisotopic (exact) mass is 286 g/mol. The molecule has 0 saturated heterocycles. The van der Waals surface area contributed by atoms with E-state index in [0.717, 1.165) is 5.56 Å². The number of nitrogens with zero attached hydrogens (tertiary/aromatic N) is 1. The lowest BCUT2D eigenvalue weighted by atomic mass is 10.0. The summed E-state index contributed by atoms with van der Waals surface area (Å²) in [5.41, 5.74) is 1.71. The van der Waals surface area contributed by atoms with E-state index in [1.165, 1.54) is 11.4 Å². The third kappa shape index (κ3) is 4.81. The van der Waals surface area contributed by atoms with Gasteiger partial charge < -0.3 is 5.11 Å². The Labute approximate surface area is 115 Å². The molecule has 0 atom stereocenters. The van der Waals surface area contributed by atoms with Crippen molar-refractivity contribution in [3.05, 3.63) is 29.8 Å². The van der Waals surface area contributed by atoms with E-state index in [-0.39, 0.29) is 13.2 Å². The van der Waals surface area contributed by atoms with Gasteiger partial charge in [0.2, 0.25) is 0 Å².